The van der Waals surface area contributed by atoms with Gasteiger partial charge in [-0.25, -0.2) is 4.39 Å². The molecule has 0 radical (unpaired) electrons. The molecule has 0 bridgehead atoms. The average Bonchev–Trinajstić information content (AvgIpc) is 3.17. The molecule has 0 heterocycles. The molecule has 0 saturated heterocycles. The van der Waals surface area contributed by atoms with Crippen LogP contribution in [0.2, 0.25) is 0 Å². The monoisotopic (exact) mass is 252 g/mol. The van der Waals surface area contributed by atoms with Gasteiger partial charge in [0.25, 0.3) is 0 Å². The van der Waals surface area contributed by atoms with Gasteiger partial charge >= 0.3 is 0 Å². The summed E-state index contributed by atoms with van der Waals surface area (Å²) >= 11 is 0. The molecule has 0 unspecified atom stereocenters. The van der Waals surface area contributed by atoms with Crippen molar-refractivity contribution in [1.29, 1.82) is 0 Å². The van der Waals surface area contributed by atoms with Gasteiger partial charge in [-0.3, -0.25) is 4.79 Å². The van der Waals surface area contributed by atoms with E-state index in [0.29, 0.717) is 17.9 Å². The molecular weight excluding hydrogens is 235 g/mol. The Kier molecular flexibility index (Phi) is 3.52. The molecule has 18 heavy (non-hydrogen) atoms. The van der Waals surface area contributed by atoms with Crippen LogP contribution in [0, 0.1) is 11.2 Å². The third-order valence-corrected chi connectivity index (χ3v) is 3.41. The first kappa shape index (κ1) is 12.8. The van der Waals surface area contributed by atoms with E-state index < -0.39 is 0 Å². The number of nitrogens with two attached hydrogens (primary N) is 1. The summed E-state index contributed by atoms with van der Waals surface area (Å²) in [7, 11) is 1.51. The fraction of sp³-hybridized carbons (Fsp3) is 0.462. The van der Waals surface area contributed by atoms with Crippen LogP contribution in [-0.2, 0) is 11.3 Å². The van der Waals surface area contributed by atoms with E-state index in [1.165, 1.54) is 19.2 Å². The molecule has 5 heteroatoms. The van der Waals surface area contributed by atoms with Crippen molar-refractivity contribution in [2.75, 3.05) is 13.7 Å². The second-order valence-electron chi connectivity index (χ2n) is 4.62. The Morgan fingerprint density at radius 1 is 1.56 bits per heavy atom. The number of hydrogen-bond donors (Lipinski definition) is 2. The summed E-state index contributed by atoms with van der Waals surface area (Å²) in [6.07, 6.45) is 1.66. The molecular formula is C13H17FN2O2. The maximum atomic E-state index is 13.1. The molecule has 98 valence electrons. The van der Waals surface area contributed by atoms with E-state index >= 15 is 0 Å². The van der Waals surface area contributed by atoms with Crippen LogP contribution in [-0.4, -0.2) is 19.6 Å². The largest absolute Gasteiger partial charge is 0.496 e. The smallest absolute Gasteiger partial charge is 0.227 e. The van der Waals surface area contributed by atoms with Crippen molar-refractivity contribution in [3.8, 4) is 5.75 Å². The molecule has 0 aliphatic heterocycles. The van der Waals surface area contributed by atoms with Gasteiger partial charge in [0.05, 0.1) is 12.5 Å². The summed E-state index contributed by atoms with van der Waals surface area (Å²) < 4.78 is 18.2. The van der Waals surface area contributed by atoms with Crippen LogP contribution in [0.25, 0.3) is 0 Å². The van der Waals surface area contributed by atoms with Crippen LogP contribution >= 0.6 is 0 Å². The Morgan fingerprint density at radius 2 is 2.28 bits per heavy atom. The molecule has 0 atom stereocenters. The standard InChI is InChI=1S/C13H17FN2O2/c1-18-11-3-2-10(14)6-9(11)7-16-12(17)13(8-15)4-5-13/h2-3,6H,4-5,7-8,15H2,1H3,(H,16,17). The molecule has 4 nitrogen and oxygen atoms in total. The third kappa shape index (κ3) is 2.46. The topological polar surface area (TPSA) is 64.3 Å². The second-order valence-corrected chi connectivity index (χ2v) is 4.62. The van der Waals surface area contributed by atoms with Crippen LogP contribution in [0.1, 0.15) is 18.4 Å². The van der Waals surface area contributed by atoms with E-state index in [1.54, 1.807) is 6.07 Å². The molecule has 0 spiro atoms. The second kappa shape index (κ2) is 4.94. The van der Waals surface area contributed by atoms with Gasteiger partial charge in [-0.15, -0.1) is 0 Å². The van der Waals surface area contributed by atoms with Crippen LogP contribution in [0.4, 0.5) is 4.39 Å². The van der Waals surface area contributed by atoms with Gasteiger partial charge in [-0.05, 0) is 31.0 Å². The summed E-state index contributed by atoms with van der Waals surface area (Å²) in [4.78, 5) is 11.9. The van der Waals surface area contributed by atoms with Gasteiger partial charge in [-0.1, -0.05) is 0 Å². The van der Waals surface area contributed by atoms with Crippen molar-refractivity contribution in [2.24, 2.45) is 11.1 Å². The van der Waals surface area contributed by atoms with Gasteiger partial charge in [0, 0.05) is 18.7 Å². The zero-order valence-electron chi connectivity index (χ0n) is 10.3. The minimum atomic E-state index is -0.388. The highest BCUT2D eigenvalue weighted by Gasteiger charge is 2.48. The molecule has 1 saturated carbocycles. The average molecular weight is 252 g/mol. The first-order valence-corrected chi connectivity index (χ1v) is 5.92. The summed E-state index contributed by atoms with van der Waals surface area (Å²) in [6, 6.07) is 4.24. The lowest BCUT2D eigenvalue weighted by atomic mass is 10.1. The van der Waals surface area contributed by atoms with Gasteiger partial charge < -0.3 is 15.8 Å². The van der Waals surface area contributed by atoms with Crippen LogP contribution in [0.5, 0.6) is 5.75 Å². The molecule has 1 aromatic rings. The fourth-order valence-corrected chi connectivity index (χ4v) is 1.92. The van der Waals surface area contributed by atoms with Crippen LogP contribution in [0.3, 0.4) is 0 Å². The number of halogens is 1. The molecule has 1 fully saturated rings. The Labute approximate surface area is 105 Å². The molecule has 0 aromatic heterocycles. The number of nitrogens with one attached hydrogen (secondary N) is 1. The van der Waals surface area contributed by atoms with E-state index in [4.69, 9.17) is 10.5 Å². The Balaban J connectivity index is 2.02. The van der Waals surface area contributed by atoms with Gasteiger partial charge in [0.1, 0.15) is 11.6 Å². The lowest BCUT2D eigenvalue weighted by Gasteiger charge is -2.14. The summed E-state index contributed by atoms with van der Waals surface area (Å²) in [5.41, 5.74) is 5.81. The maximum absolute atomic E-state index is 13.1. The quantitative estimate of drug-likeness (QED) is 0.827. The molecule has 1 aliphatic rings. The molecule has 1 aliphatic carbocycles. The van der Waals surface area contributed by atoms with Crippen molar-refractivity contribution in [2.45, 2.75) is 19.4 Å². The number of amides is 1. The highest BCUT2D eigenvalue weighted by atomic mass is 19.1. The van der Waals surface area contributed by atoms with Crippen molar-refractivity contribution in [3.05, 3.63) is 29.6 Å². The normalized spacial score (nSPS) is 16.2. The number of benzene rings is 1. The first-order chi connectivity index (χ1) is 8.61. The minimum Gasteiger partial charge on any atom is -0.496 e. The van der Waals surface area contributed by atoms with Crippen LogP contribution < -0.4 is 15.8 Å². The van der Waals surface area contributed by atoms with E-state index in [2.05, 4.69) is 5.32 Å². The number of carbonyl (C=O) groups is 1. The Morgan fingerprint density at radius 3 is 2.83 bits per heavy atom. The lowest BCUT2D eigenvalue weighted by molar-refractivity contribution is -0.126. The molecule has 2 rings (SSSR count). The molecule has 3 N–H and O–H groups in total. The van der Waals surface area contributed by atoms with E-state index in [0.717, 1.165) is 12.8 Å². The Hall–Kier alpha value is -1.62. The van der Waals surface area contributed by atoms with Crippen molar-refractivity contribution in [1.82, 2.24) is 5.32 Å². The van der Waals surface area contributed by atoms with E-state index in [9.17, 15) is 9.18 Å². The zero-order valence-corrected chi connectivity index (χ0v) is 10.3. The highest BCUT2D eigenvalue weighted by Crippen LogP contribution is 2.44. The fourth-order valence-electron chi connectivity index (χ4n) is 1.92. The maximum Gasteiger partial charge on any atom is 0.227 e. The predicted octanol–water partition coefficient (Wildman–Crippen LogP) is 1.19. The summed E-state index contributed by atoms with van der Waals surface area (Å²) in [5.74, 6) is 0.158. The number of methoxy groups -OCH3 is 1. The van der Waals surface area contributed by atoms with Crippen molar-refractivity contribution < 1.29 is 13.9 Å². The number of rotatable bonds is 5. The van der Waals surface area contributed by atoms with E-state index in [1.807, 2.05) is 0 Å². The highest BCUT2D eigenvalue weighted by molar-refractivity contribution is 5.85. The number of hydrogen-bond acceptors (Lipinski definition) is 3. The van der Waals surface area contributed by atoms with E-state index in [-0.39, 0.29) is 23.7 Å². The molecule has 1 amide bonds. The molecule has 1 aromatic carbocycles. The van der Waals surface area contributed by atoms with Gasteiger partial charge in [-0.2, -0.15) is 0 Å². The Bertz CT molecular complexity index is 458. The minimum absolute atomic E-state index is 0.0590. The SMILES string of the molecule is COc1ccc(F)cc1CNC(=O)C1(CN)CC1. The lowest BCUT2D eigenvalue weighted by Crippen LogP contribution is -2.36. The third-order valence-electron chi connectivity index (χ3n) is 3.41. The number of ether oxygens (including phenoxy) is 1. The van der Waals surface area contributed by atoms with Crippen molar-refractivity contribution >= 4 is 5.91 Å². The van der Waals surface area contributed by atoms with Gasteiger partial charge in [0.2, 0.25) is 5.91 Å². The summed E-state index contributed by atoms with van der Waals surface area (Å²) in [5, 5.41) is 2.79. The van der Waals surface area contributed by atoms with Gasteiger partial charge in [0.15, 0.2) is 0 Å². The first-order valence-electron chi connectivity index (χ1n) is 5.92. The predicted molar refractivity (Wildman–Crippen MR) is 65.5 cm³/mol. The van der Waals surface area contributed by atoms with Crippen molar-refractivity contribution in [3.63, 3.8) is 0 Å². The number of carbonyl (C=O) groups excluding carboxylic acids is 1. The summed E-state index contributed by atoms with van der Waals surface area (Å²) in [6.45, 7) is 0.612. The van der Waals surface area contributed by atoms with Crippen LogP contribution in [0.15, 0.2) is 18.2 Å². The zero-order chi connectivity index (χ0) is 13.2.